The van der Waals surface area contributed by atoms with E-state index >= 15 is 0 Å². The predicted octanol–water partition coefficient (Wildman–Crippen LogP) is 6.02. The summed E-state index contributed by atoms with van der Waals surface area (Å²) < 4.78 is 17.7. The summed E-state index contributed by atoms with van der Waals surface area (Å²) in [6.45, 7) is 13.6. The minimum Gasteiger partial charge on any atom is -0.469 e. The molecule has 0 bridgehead atoms. The molecule has 0 spiro atoms. The Bertz CT molecular complexity index is 681. The summed E-state index contributed by atoms with van der Waals surface area (Å²) in [5.74, 6) is -0.213. The molecule has 6 heteroatoms. The molecule has 5 nitrogen and oxygen atoms in total. The Morgan fingerprint density at radius 3 is 2.41 bits per heavy atom. The third-order valence-electron chi connectivity index (χ3n) is 6.13. The van der Waals surface area contributed by atoms with E-state index in [9.17, 15) is 9.90 Å². The number of ether oxygens (including phenoxy) is 2. The van der Waals surface area contributed by atoms with Crippen LogP contribution in [0.3, 0.4) is 0 Å². The first-order valence-corrected chi connectivity index (χ1v) is 14.7. The van der Waals surface area contributed by atoms with Gasteiger partial charge in [-0.2, -0.15) is 0 Å². The number of hydrogen-bond donors (Lipinski definition) is 1. The first-order valence-electron chi connectivity index (χ1n) is 11.8. The van der Waals surface area contributed by atoms with Crippen molar-refractivity contribution in [3.05, 3.63) is 48.0 Å². The molecule has 1 aromatic rings. The van der Waals surface area contributed by atoms with Gasteiger partial charge in [-0.25, -0.2) is 0 Å². The van der Waals surface area contributed by atoms with Crippen LogP contribution in [0.1, 0.15) is 65.4 Å². The van der Waals surface area contributed by atoms with E-state index in [-0.39, 0.29) is 17.1 Å². The van der Waals surface area contributed by atoms with Crippen molar-refractivity contribution in [2.75, 3.05) is 7.11 Å². The number of allylic oxidation sites excluding steroid dienone is 1. The lowest BCUT2D eigenvalue weighted by Crippen LogP contribution is -2.51. The highest BCUT2D eigenvalue weighted by atomic mass is 28.4. The van der Waals surface area contributed by atoms with Crippen LogP contribution in [0.15, 0.2) is 42.5 Å². The molecule has 0 unspecified atom stereocenters. The van der Waals surface area contributed by atoms with E-state index in [1.54, 1.807) is 6.08 Å². The summed E-state index contributed by atoms with van der Waals surface area (Å²) in [6.07, 6.45) is 5.77. The second-order valence-electron chi connectivity index (χ2n) is 9.85. The molecular weight excluding hydrogens is 420 g/mol. The molecule has 0 saturated carbocycles. The average molecular weight is 465 g/mol. The summed E-state index contributed by atoms with van der Waals surface area (Å²) in [5, 5.41) is 11.1. The van der Waals surface area contributed by atoms with E-state index < -0.39 is 20.5 Å². The number of aliphatic hydroxyl groups excluding tert-OH is 1. The van der Waals surface area contributed by atoms with Crippen LogP contribution >= 0.6 is 0 Å². The Morgan fingerprint density at radius 2 is 1.84 bits per heavy atom. The van der Waals surface area contributed by atoms with Gasteiger partial charge < -0.3 is 19.0 Å². The number of carbonyl (C=O) groups is 1. The lowest BCUT2D eigenvalue weighted by molar-refractivity contribution is -0.140. The number of unbranched alkanes of at least 4 members (excludes halogenated alkanes) is 1. The molecule has 0 heterocycles. The molecule has 32 heavy (non-hydrogen) atoms. The number of carbonyl (C=O) groups excluding carboxylic acids is 1. The molecule has 0 amide bonds. The highest BCUT2D eigenvalue weighted by molar-refractivity contribution is 6.74. The summed E-state index contributed by atoms with van der Waals surface area (Å²) >= 11 is 0. The zero-order valence-electron chi connectivity index (χ0n) is 21.1. The van der Waals surface area contributed by atoms with Crippen LogP contribution in [-0.2, 0) is 25.3 Å². The van der Waals surface area contributed by atoms with Gasteiger partial charge >= 0.3 is 5.97 Å². The van der Waals surface area contributed by atoms with Gasteiger partial charge in [0.05, 0.1) is 25.9 Å². The van der Waals surface area contributed by atoms with Crippen molar-refractivity contribution < 1.29 is 23.8 Å². The van der Waals surface area contributed by atoms with Gasteiger partial charge in [0.2, 0.25) is 0 Å². The minimum atomic E-state index is -2.14. The summed E-state index contributed by atoms with van der Waals surface area (Å²) in [6, 6.07) is 10.1. The molecule has 0 radical (unpaired) electrons. The summed E-state index contributed by atoms with van der Waals surface area (Å²) in [7, 11) is -0.743. The zero-order chi connectivity index (χ0) is 24.2. The number of hydrogen-bond acceptors (Lipinski definition) is 5. The summed E-state index contributed by atoms with van der Waals surface area (Å²) in [5.41, 5.74) is 1.10. The fourth-order valence-corrected chi connectivity index (χ4v) is 4.42. The minimum absolute atomic E-state index is 0.0192. The molecule has 0 fully saturated rings. The maximum Gasteiger partial charge on any atom is 0.305 e. The first kappa shape index (κ1) is 28.6. The molecule has 0 aromatic heterocycles. The van der Waals surface area contributed by atoms with Crippen LogP contribution in [0.25, 0.3) is 0 Å². The van der Waals surface area contributed by atoms with Gasteiger partial charge in [-0.1, -0.05) is 76.6 Å². The fourth-order valence-electron chi connectivity index (χ4n) is 3.10. The normalized spacial score (nSPS) is 15.5. The quantitative estimate of drug-likeness (QED) is 0.158. The van der Waals surface area contributed by atoms with Crippen LogP contribution < -0.4 is 0 Å². The van der Waals surface area contributed by atoms with Crippen molar-refractivity contribution in [2.45, 2.75) is 103 Å². The van der Waals surface area contributed by atoms with Crippen LogP contribution in [-0.4, -0.2) is 44.8 Å². The number of methoxy groups -OCH3 is 1. The van der Waals surface area contributed by atoms with E-state index in [0.717, 1.165) is 18.4 Å². The molecule has 1 N–H and O–H groups in total. The van der Waals surface area contributed by atoms with Crippen LogP contribution in [0, 0.1) is 0 Å². The fraction of sp³-hybridized carbons (Fsp3) is 0.654. The van der Waals surface area contributed by atoms with Gasteiger partial charge in [0.15, 0.2) is 8.32 Å². The van der Waals surface area contributed by atoms with Gasteiger partial charge in [0, 0.05) is 6.42 Å². The second-order valence-corrected chi connectivity index (χ2v) is 14.6. The van der Waals surface area contributed by atoms with Crippen molar-refractivity contribution in [2.24, 2.45) is 0 Å². The number of rotatable bonds is 14. The molecular formula is C26H44O5Si. The van der Waals surface area contributed by atoms with Crippen molar-refractivity contribution in [1.82, 2.24) is 0 Å². The van der Waals surface area contributed by atoms with Gasteiger partial charge in [0.25, 0.3) is 0 Å². The van der Waals surface area contributed by atoms with E-state index in [1.807, 2.05) is 36.4 Å². The Balaban J connectivity index is 2.97. The first-order chi connectivity index (χ1) is 15.0. The Kier molecular flexibility index (Phi) is 12.4. The predicted molar refractivity (Wildman–Crippen MR) is 133 cm³/mol. The molecule has 1 aromatic carbocycles. The van der Waals surface area contributed by atoms with Crippen molar-refractivity contribution in [1.29, 1.82) is 0 Å². The maximum absolute atomic E-state index is 11.3. The number of esters is 1. The molecule has 0 aliphatic carbocycles. The molecule has 0 aliphatic rings. The topological polar surface area (TPSA) is 65.0 Å². The van der Waals surface area contributed by atoms with Gasteiger partial charge in [-0.15, -0.1) is 0 Å². The lowest BCUT2D eigenvalue weighted by atomic mass is 10.0. The summed E-state index contributed by atoms with van der Waals surface area (Å²) in [4.78, 5) is 11.3. The van der Waals surface area contributed by atoms with E-state index in [4.69, 9.17) is 9.16 Å². The van der Waals surface area contributed by atoms with E-state index in [2.05, 4.69) is 45.5 Å². The lowest BCUT2D eigenvalue weighted by Gasteiger charge is -2.42. The third kappa shape index (κ3) is 9.99. The van der Waals surface area contributed by atoms with E-state index in [0.29, 0.717) is 25.9 Å². The van der Waals surface area contributed by atoms with Gasteiger partial charge in [0.1, 0.15) is 6.10 Å². The molecule has 3 atom stereocenters. The van der Waals surface area contributed by atoms with Crippen molar-refractivity contribution >= 4 is 14.3 Å². The average Bonchev–Trinajstić information content (AvgIpc) is 2.74. The second kappa shape index (κ2) is 13.9. The maximum atomic E-state index is 11.3. The Labute approximate surface area is 196 Å². The third-order valence-corrected chi connectivity index (χ3v) is 10.6. The van der Waals surface area contributed by atoms with Crippen LogP contribution in [0.4, 0.5) is 0 Å². The van der Waals surface area contributed by atoms with Crippen molar-refractivity contribution in [3.63, 3.8) is 0 Å². The zero-order valence-corrected chi connectivity index (χ0v) is 22.1. The van der Waals surface area contributed by atoms with Crippen molar-refractivity contribution in [3.8, 4) is 0 Å². The molecule has 0 saturated heterocycles. The van der Waals surface area contributed by atoms with Crippen LogP contribution in [0.5, 0.6) is 0 Å². The van der Waals surface area contributed by atoms with E-state index in [1.165, 1.54) is 7.11 Å². The Morgan fingerprint density at radius 1 is 1.19 bits per heavy atom. The Hall–Kier alpha value is -1.47. The van der Waals surface area contributed by atoms with Gasteiger partial charge in [-0.3, -0.25) is 4.79 Å². The highest BCUT2D eigenvalue weighted by Crippen LogP contribution is 2.38. The number of benzene rings is 1. The smallest absolute Gasteiger partial charge is 0.305 e. The molecule has 0 aliphatic heterocycles. The monoisotopic (exact) mass is 464 g/mol. The number of aliphatic hydroxyl groups is 1. The van der Waals surface area contributed by atoms with Crippen LogP contribution in [0.2, 0.25) is 18.1 Å². The highest BCUT2D eigenvalue weighted by Gasteiger charge is 2.42. The SMILES string of the molecule is CCC[C@@H](OCc1ccccc1)[C@@H](O[Si](C)(C)C(C)(C)C)[C@@H](O)/C=C/CCCC(=O)OC. The standard InChI is InChI=1S/C26H44O5Si/c1-8-15-23(30-20-21-16-11-9-12-17-21)25(31-32(6,7)26(2,3)4)22(27)18-13-10-14-19-24(28)29-5/h9,11-13,16-18,22-23,25,27H,8,10,14-15,19-20H2,1-7H3/b18-13+/t22-,23+,25-/m0/s1. The molecule has 1 rings (SSSR count). The van der Waals surface area contributed by atoms with Gasteiger partial charge in [-0.05, 0) is 43.0 Å². The largest absolute Gasteiger partial charge is 0.469 e. The molecule has 182 valence electrons.